The monoisotopic (exact) mass is 245 g/mol. The van der Waals surface area contributed by atoms with Crippen molar-refractivity contribution in [1.82, 2.24) is 4.90 Å². The molecular weight excluding hydrogens is 222 g/mol. The fraction of sp³-hybridized carbons (Fsp3) is 0.917. The summed E-state index contributed by atoms with van der Waals surface area (Å²) in [6.07, 6.45) is 1.02. The first-order valence-electron chi connectivity index (χ1n) is 6.08. The number of ether oxygens (including phenoxy) is 1. The molecule has 0 saturated carbocycles. The van der Waals surface area contributed by atoms with Gasteiger partial charge in [-0.3, -0.25) is 0 Å². The number of hydrogen-bond donors (Lipinski definition) is 2. The summed E-state index contributed by atoms with van der Waals surface area (Å²) in [6, 6.07) is -0.179. The number of amides is 1. The van der Waals surface area contributed by atoms with Crippen molar-refractivity contribution >= 4 is 6.09 Å². The number of hydrogen-bond acceptors (Lipinski definition) is 4. The topological polar surface area (TPSA) is 70.0 Å². The van der Waals surface area contributed by atoms with Gasteiger partial charge in [0.1, 0.15) is 5.60 Å². The maximum Gasteiger partial charge on any atom is 0.410 e. The smallest absolute Gasteiger partial charge is 0.410 e. The highest BCUT2D eigenvalue weighted by molar-refractivity contribution is 5.69. The lowest BCUT2D eigenvalue weighted by atomic mass is 10.0. The molecule has 0 aliphatic carbocycles. The molecule has 1 heterocycles. The number of rotatable bonds is 3. The van der Waals surface area contributed by atoms with Crippen LogP contribution in [0.1, 0.15) is 33.6 Å². The Bertz CT molecular complexity index is 262. The molecule has 1 fully saturated rings. The summed E-state index contributed by atoms with van der Waals surface area (Å²) in [4.78, 5) is 13.5. The van der Waals surface area contributed by atoms with Crippen LogP contribution in [0, 0.1) is 5.92 Å². The zero-order valence-corrected chi connectivity index (χ0v) is 10.8. The first-order chi connectivity index (χ1) is 7.87. The molecule has 5 heteroatoms. The quantitative estimate of drug-likeness (QED) is 0.778. The van der Waals surface area contributed by atoms with Crippen molar-refractivity contribution in [2.24, 2.45) is 5.92 Å². The van der Waals surface area contributed by atoms with Crippen molar-refractivity contribution in [1.29, 1.82) is 0 Å². The van der Waals surface area contributed by atoms with E-state index in [0.717, 1.165) is 6.42 Å². The minimum Gasteiger partial charge on any atom is -0.444 e. The standard InChI is InChI=1S/C12H23NO4/c1-12(2,3)17-11(16)13-7-9(4-5-14)6-10(13)8-15/h9-10,14-15H,4-8H2,1-3H3. The Morgan fingerprint density at radius 1 is 1.41 bits per heavy atom. The van der Waals surface area contributed by atoms with Gasteiger partial charge in [-0.15, -0.1) is 0 Å². The third-order valence-corrected chi connectivity index (χ3v) is 2.88. The lowest BCUT2D eigenvalue weighted by molar-refractivity contribution is 0.0171. The van der Waals surface area contributed by atoms with Gasteiger partial charge in [0.25, 0.3) is 0 Å². The summed E-state index contributed by atoms with van der Waals surface area (Å²) >= 11 is 0. The van der Waals surface area contributed by atoms with E-state index in [9.17, 15) is 9.90 Å². The minimum atomic E-state index is -0.522. The van der Waals surface area contributed by atoms with Gasteiger partial charge in [-0.1, -0.05) is 0 Å². The van der Waals surface area contributed by atoms with Crippen LogP contribution in [-0.2, 0) is 4.74 Å². The number of aliphatic hydroxyl groups is 2. The molecule has 1 saturated heterocycles. The van der Waals surface area contributed by atoms with E-state index in [2.05, 4.69) is 0 Å². The summed E-state index contributed by atoms with van der Waals surface area (Å²) in [5.41, 5.74) is -0.522. The third-order valence-electron chi connectivity index (χ3n) is 2.88. The predicted molar refractivity (Wildman–Crippen MR) is 63.6 cm³/mol. The van der Waals surface area contributed by atoms with Crippen molar-refractivity contribution in [3.63, 3.8) is 0 Å². The van der Waals surface area contributed by atoms with Crippen molar-refractivity contribution in [2.45, 2.75) is 45.3 Å². The van der Waals surface area contributed by atoms with E-state index in [0.29, 0.717) is 13.0 Å². The fourth-order valence-electron chi connectivity index (χ4n) is 2.12. The minimum absolute atomic E-state index is 0.0544. The second-order valence-electron chi connectivity index (χ2n) is 5.58. The van der Waals surface area contributed by atoms with Crippen LogP contribution in [0.25, 0.3) is 0 Å². The largest absolute Gasteiger partial charge is 0.444 e. The van der Waals surface area contributed by atoms with Crippen LogP contribution >= 0.6 is 0 Å². The highest BCUT2D eigenvalue weighted by atomic mass is 16.6. The maximum absolute atomic E-state index is 11.9. The van der Waals surface area contributed by atoms with Crippen LogP contribution < -0.4 is 0 Å². The van der Waals surface area contributed by atoms with E-state index in [-0.39, 0.29) is 31.3 Å². The number of nitrogens with zero attached hydrogens (tertiary/aromatic N) is 1. The summed E-state index contributed by atoms with van der Waals surface area (Å²) < 4.78 is 5.29. The molecule has 0 bridgehead atoms. The molecule has 1 rings (SSSR count). The molecule has 17 heavy (non-hydrogen) atoms. The Kier molecular flexibility index (Phi) is 4.77. The lowest BCUT2D eigenvalue weighted by Gasteiger charge is -2.27. The van der Waals surface area contributed by atoms with E-state index >= 15 is 0 Å². The molecule has 1 aliphatic heterocycles. The molecule has 5 nitrogen and oxygen atoms in total. The van der Waals surface area contributed by atoms with Crippen molar-refractivity contribution in [3.05, 3.63) is 0 Å². The molecule has 100 valence electrons. The first kappa shape index (κ1) is 14.3. The summed E-state index contributed by atoms with van der Waals surface area (Å²) in [5.74, 6) is 0.254. The molecule has 1 amide bonds. The average molecular weight is 245 g/mol. The summed E-state index contributed by atoms with van der Waals surface area (Å²) in [7, 11) is 0. The zero-order chi connectivity index (χ0) is 13.1. The van der Waals surface area contributed by atoms with E-state index in [1.54, 1.807) is 4.90 Å². The van der Waals surface area contributed by atoms with Crippen LogP contribution in [-0.4, -0.2) is 52.6 Å². The Balaban J connectivity index is 2.59. The number of carbonyl (C=O) groups excluding carboxylic acids is 1. The Labute approximate surface area is 102 Å². The highest BCUT2D eigenvalue weighted by Crippen LogP contribution is 2.27. The van der Waals surface area contributed by atoms with Gasteiger partial charge in [0.15, 0.2) is 0 Å². The van der Waals surface area contributed by atoms with E-state index in [4.69, 9.17) is 9.84 Å². The van der Waals surface area contributed by atoms with Crippen LogP contribution in [0.3, 0.4) is 0 Å². The van der Waals surface area contributed by atoms with Gasteiger partial charge in [0.05, 0.1) is 12.6 Å². The van der Waals surface area contributed by atoms with Gasteiger partial charge < -0.3 is 19.8 Å². The molecule has 0 aromatic carbocycles. The Hall–Kier alpha value is -0.810. The molecule has 0 aromatic heterocycles. The number of aliphatic hydroxyl groups excluding tert-OH is 2. The van der Waals surface area contributed by atoms with Crippen molar-refractivity contribution in [3.8, 4) is 0 Å². The molecule has 2 N–H and O–H groups in total. The fourth-order valence-corrected chi connectivity index (χ4v) is 2.12. The number of likely N-dealkylation sites (tertiary alicyclic amines) is 1. The molecular formula is C12H23NO4. The SMILES string of the molecule is CC(C)(C)OC(=O)N1CC(CCO)CC1CO. The molecule has 0 aromatic rings. The predicted octanol–water partition coefficient (Wildman–Crippen LogP) is 0.987. The normalized spacial score (nSPS) is 25.1. The van der Waals surface area contributed by atoms with Gasteiger partial charge in [-0.25, -0.2) is 4.79 Å². The van der Waals surface area contributed by atoms with Gasteiger partial charge in [-0.05, 0) is 39.5 Å². The molecule has 2 atom stereocenters. The molecule has 0 spiro atoms. The zero-order valence-electron chi connectivity index (χ0n) is 10.8. The summed E-state index contributed by atoms with van der Waals surface area (Å²) in [6.45, 7) is 6.08. The van der Waals surface area contributed by atoms with Crippen LogP contribution in [0.2, 0.25) is 0 Å². The van der Waals surface area contributed by atoms with E-state index < -0.39 is 5.60 Å². The highest BCUT2D eigenvalue weighted by Gasteiger charge is 2.36. The lowest BCUT2D eigenvalue weighted by Crippen LogP contribution is -2.41. The van der Waals surface area contributed by atoms with Crippen LogP contribution in [0.4, 0.5) is 4.79 Å². The van der Waals surface area contributed by atoms with E-state index in [1.165, 1.54) is 0 Å². The van der Waals surface area contributed by atoms with Crippen LogP contribution in [0.15, 0.2) is 0 Å². The average Bonchev–Trinajstić information content (AvgIpc) is 2.59. The Morgan fingerprint density at radius 2 is 2.06 bits per heavy atom. The van der Waals surface area contributed by atoms with Crippen LogP contribution in [0.5, 0.6) is 0 Å². The van der Waals surface area contributed by atoms with Gasteiger partial charge in [0, 0.05) is 13.2 Å². The van der Waals surface area contributed by atoms with E-state index in [1.807, 2.05) is 20.8 Å². The number of carbonyl (C=O) groups is 1. The van der Waals surface area contributed by atoms with Crippen molar-refractivity contribution in [2.75, 3.05) is 19.8 Å². The van der Waals surface area contributed by atoms with Gasteiger partial charge in [0.2, 0.25) is 0 Å². The third kappa shape index (κ3) is 4.16. The second kappa shape index (κ2) is 5.69. The summed E-state index contributed by atoms with van der Waals surface area (Å²) in [5, 5.41) is 18.2. The van der Waals surface area contributed by atoms with Gasteiger partial charge >= 0.3 is 6.09 Å². The Morgan fingerprint density at radius 3 is 2.53 bits per heavy atom. The first-order valence-corrected chi connectivity index (χ1v) is 6.08. The molecule has 2 unspecified atom stereocenters. The molecule has 0 radical (unpaired) electrons. The second-order valence-corrected chi connectivity index (χ2v) is 5.58. The molecule has 1 aliphatic rings. The van der Waals surface area contributed by atoms with Crippen molar-refractivity contribution < 1.29 is 19.7 Å². The van der Waals surface area contributed by atoms with Gasteiger partial charge in [-0.2, -0.15) is 0 Å². The maximum atomic E-state index is 11.9.